The molecule has 0 saturated carbocycles. The van der Waals surface area contributed by atoms with Crippen LogP contribution in [0.15, 0.2) is 17.0 Å². The minimum atomic E-state index is -4.29. The fraction of sp³-hybridized carbons (Fsp3) is 0.600. The highest BCUT2D eigenvalue weighted by Crippen LogP contribution is 2.30. The number of hydrogen-bond acceptors (Lipinski definition) is 3. The molecule has 0 spiro atoms. The molecule has 0 amide bonds. The summed E-state index contributed by atoms with van der Waals surface area (Å²) in [5.41, 5.74) is 0. The van der Waals surface area contributed by atoms with Gasteiger partial charge in [-0.2, -0.15) is 4.31 Å². The molecule has 1 unspecified atom stereocenters. The molecule has 1 aromatic rings. The topological polar surface area (TPSA) is 49.4 Å². The highest BCUT2D eigenvalue weighted by Gasteiger charge is 2.36. The highest BCUT2D eigenvalue weighted by atomic mass is 35.5. The van der Waals surface area contributed by atoms with Crippen molar-refractivity contribution in [3.05, 3.63) is 29.6 Å². The lowest BCUT2D eigenvalue weighted by molar-refractivity contribution is 0.233. The zero-order valence-electron chi connectivity index (χ0n) is 13.0. The van der Waals surface area contributed by atoms with Gasteiger partial charge in [0.25, 0.3) is 0 Å². The van der Waals surface area contributed by atoms with Crippen molar-refractivity contribution in [3.63, 3.8) is 0 Å². The van der Waals surface area contributed by atoms with E-state index < -0.39 is 32.4 Å². The Morgan fingerprint density at radius 1 is 1.04 bits per heavy atom. The Balaban J connectivity index is 0.00000208. The molecule has 2 aliphatic rings. The fourth-order valence-corrected chi connectivity index (χ4v) is 5.10. The van der Waals surface area contributed by atoms with Gasteiger partial charge in [-0.05, 0) is 38.1 Å². The molecule has 9 heteroatoms. The van der Waals surface area contributed by atoms with Gasteiger partial charge in [0.2, 0.25) is 10.0 Å². The molecule has 2 heterocycles. The van der Waals surface area contributed by atoms with Crippen molar-refractivity contribution in [2.75, 3.05) is 19.6 Å². The van der Waals surface area contributed by atoms with Crippen molar-refractivity contribution in [3.8, 4) is 0 Å². The second-order valence-corrected chi connectivity index (χ2v) is 8.02. The predicted molar refractivity (Wildman–Crippen MR) is 86.1 cm³/mol. The van der Waals surface area contributed by atoms with Crippen molar-refractivity contribution in [2.24, 2.45) is 5.92 Å². The van der Waals surface area contributed by atoms with Crippen LogP contribution in [-0.4, -0.2) is 38.4 Å². The molecular formula is C15H20ClF3N2O2S. The van der Waals surface area contributed by atoms with Crippen LogP contribution in [0, 0.1) is 23.4 Å². The fourth-order valence-electron chi connectivity index (χ4n) is 3.54. The van der Waals surface area contributed by atoms with Crippen LogP contribution in [0.25, 0.3) is 0 Å². The van der Waals surface area contributed by atoms with E-state index in [9.17, 15) is 21.6 Å². The SMILES string of the molecule is Cl.O=S(=O)(c1c(F)cc(F)cc1F)N1CCC(C2CCCN2)CC1. The molecule has 0 aromatic heterocycles. The molecule has 2 saturated heterocycles. The Labute approximate surface area is 145 Å². The third-order valence-corrected chi connectivity index (χ3v) is 6.68. The quantitative estimate of drug-likeness (QED) is 0.871. The normalized spacial score (nSPS) is 23.2. The van der Waals surface area contributed by atoms with E-state index >= 15 is 0 Å². The number of rotatable bonds is 3. The van der Waals surface area contributed by atoms with Crippen molar-refractivity contribution in [1.82, 2.24) is 9.62 Å². The second kappa shape index (κ2) is 7.59. The number of benzene rings is 1. The maximum atomic E-state index is 13.8. The summed E-state index contributed by atoms with van der Waals surface area (Å²) in [5.74, 6) is -3.53. The summed E-state index contributed by atoms with van der Waals surface area (Å²) >= 11 is 0. The second-order valence-electron chi connectivity index (χ2n) is 6.14. The lowest BCUT2D eigenvalue weighted by Gasteiger charge is -2.34. The first-order valence-electron chi connectivity index (χ1n) is 7.77. The van der Waals surface area contributed by atoms with Crippen LogP contribution >= 0.6 is 12.4 Å². The first-order valence-corrected chi connectivity index (χ1v) is 9.21. The van der Waals surface area contributed by atoms with E-state index in [-0.39, 0.29) is 25.5 Å². The summed E-state index contributed by atoms with van der Waals surface area (Å²) in [4.78, 5) is -1.06. The molecule has 1 atom stereocenters. The van der Waals surface area contributed by atoms with Gasteiger partial charge >= 0.3 is 0 Å². The van der Waals surface area contributed by atoms with Crippen molar-refractivity contribution >= 4 is 22.4 Å². The number of nitrogens with one attached hydrogen (secondary N) is 1. The maximum Gasteiger partial charge on any atom is 0.248 e. The average Bonchev–Trinajstić information content (AvgIpc) is 3.00. The number of hydrogen-bond donors (Lipinski definition) is 1. The zero-order chi connectivity index (χ0) is 16.6. The summed E-state index contributed by atoms with van der Waals surface area (Å²) in [6, 6.07) is 1.19. The summed E-state index contributed by atoms with van der Waals surface area (Å²) in [6.45, 7) is 1.43. The van der Waals surface area contributed by atoms with Crippen molar-refractivity contribution < 1.29 is 21.6 Å². The summed E-state index contributed by atoms with van der Waals surface area (Å²) in [6.07, 6.45) is 3.51. The minimum Gasteiger partial charge on any atom is -0.314 e. The monoisotopic (exact) mass is 384 g/mol. The molecule has 0 radical (unpaired) electrons. The van der Waals surface area contributed by atoms with Gasteiger partial charge in [0, 0.05) is 31.3 Å². The van der Waals surface area contributed by atoms with Gasteiger partial charge < -0.3 is 5.32 Å². The van der Waals surface area contributed by atoms with E-state index in [1.165, 1.54) is 0 Å². The minimum absolute atomic E-state index is 0. The van der Waals surface area contributed by atoms with Gasteiger partial charge in [-0.1, -0.05) is 0 Å². The lowest BCUT2D eigenvalue weighted by atomic mass is 9.89. The molecule has 0 bridgehead atoms. The Bertz CT molecular complexity index is 665. The molecule has 136 valence electrons. The third-order valence-electron chi connectivity index (χ3n) is 4.73. The molecule has 1 N–H and O–H groups in total. The molecule has 0 aliphatic carbocycles. The van der Waals surface area contributed by atoms with E-state index in [0.717, 1.165) is 23.7 Å². The van der Waals surface area contributed by atoms with Gasteiger partial charge in [0.1, 0.15) is 17.5 Å². The van der Waals surface area contributed by atoms with Gasteiger partial charge in [0.05, 0.1) is 0 Å². The Morgan fingerprint density at radius 2 is 1.62 bits per heavy atom. The molecular weight excluding hydrogens is 365 g/mol. The van der Waals surface area contributed by atoms with Gasteiger partial charge in [-0.15, -0.1) is 12.4 Å². The zero-order valence-corrected chi connectivity index (χ0v) is 14.6. The smallest absolute Gasteiger partial charge is 0.248 e. The first kappa shape index (κ1) is 19.5. The van der Waals surface area contributed by atoms with Crippen molar-refractivity contribution in [1.29, 1.82) is 0 Å². The molecule has 2 fully saturated rings. The summed E-state index contributed by atoms with van der Waals surface area (Å²) in [7, 11) is -4.29. The van der Waals surface area contributed by atoms with Crippen LogP contribution < -0.4 is 5.32 Å². The van der Waals surface area contributed by atoms with E-state index in [0.29, 0.717) is 36.9 Å². The third kappa shape index (κ3) is 3.71. The van der Waals surface area contributed by atoms with E-state index in [2.05, 4.69) is 5.32 Å². The standard InChI is InChI=1S/C15H19F3N2O2S.ClH/c16-11-8-12(17)15(13(18)9-11)23(21,22)20-6-3-10(4-7-20)14-2-1-5-19-14;/h8-10,14,19H,1-7H2;1H. The van der Waals surface area contributed by atoms with Crippen LogP contribution in [0.1, 0.15) is 25.7 Å². The molecule has 4 nitrogen and oxygen atoms in total. The van der Waals surface area contributed by atoms with Crippen molar-refractivity contribution in [2.45, 2.75) is 36.6 Å². The Kier molecular flexibility index (Phi) is 6.17. The van der Waals surface area contributed by atoms with Gasteiger partial charge in [-0.25, -0.2) is 21.6 Å². The summed E-state index contributed by atoms with van der Waals surface area (Å²) < 4.78 is 66.6. The first-order chi connectivity index (χ1) is 10.9. The number of sulfonamides is 1. The van der Waals surface area contributed by atoms with E-state index in [1.54, 1.807) is 0 Å². The molecule has 1 aromatic carbocycles. The Morgan fingerprint density at radius 3 is 2.12 bits per heavy atom. The summed E-state index contributed by atoms with van der Waals surface area (Å²) in [5, 5.41) is 3.41. The number of piperidine rings is 1. The predicted octanol–water partition coefficient (Wildman–Crippen LogP) is 2.68. The van der Waals surface area contributed by atoms with E-state index in [4.69, 9.17) is 0 Å². The van der Waals surface area contributed by atoms with Gasteiger partial charge in [0.15, 0.2) is 4.90 Å². The average molecular weight is 385 g/mol. The van der Waals surface area contributed by atoms with Gasteiger partial charge in [-0.3, -0.25) is 0 Å². The van der Waals surface area contributed by atoms with Crippen LogP contribution in [0.2, 0.25) is 0 Å². The molecule has 3 rings (SSSR count). The van der Waals surface area contributed by atoms with Crippen LogP contribution in [0.3, 0.4) is 0 Å². The molecule has 2 aliphatic heterocycles. The molecule has 24 heavy (non-hydrogen) atoms. The largest absolute Gasteiger partial charge is 0.314 e. The maximum absolute atomic E-state index is 13.8. The van der Waals surface area contributed by atoms with E-state index in [1.807, 2.05) is 0 Å². The van der Waals surface area contributed by atoms with Crippen LogP contribution in [0.5, 0.6) is 0 Å². The highest BCUT2D eigenvalue weighted by molar-refractivity contribution is 7.89. The number of halogens is 4. The van der Waals surface area contributed by atoms with Crippen LogP contribution in [-0.2, 0) is 10.0 Å². The Hall–Kier alpha value is -0.830. The number of nitrogens with zero attached hydrogens (tertiary/aromatic N) is 1. The van der Waals surface area contributed by atoms with Crippen LogP contribution in [0.4, 0.5) is 13.2 Å². The lowest BCUT2D eigenvalue weighted by Crippen LogP contribution is -2.43.